The Balaban J connectivity index is 3.05. The van der Waals surface area contributed by atoms with Gasteiger partial charge in [0.1, 0.15) is 0 Å². The van der Waals surface area contributed by atoms with E-state index in [9.17, 15) is 0 Å². The molecule has 0 saturated heterocycles. The van der Waals surface area contributed by atoms with Gasteiger partial charge in [0.25, 0.3) is 0 Å². The zero-order chi connectivity index (χ0) is 9.94. The maximum atomic E-state index is 3.51. The molecule has 0 fully saturated rings. The molecule has 0 amide bonds. The van der Waals surface area contributed by atoms with Gasteiger partial charge >= 0.3 is 0 Å². The molecule has 2 nitrogen and oxygen atoms in total. The first-order valence-corrected chi connectivity index (χ1v) is 5.75. The highest BCUT2D eigenvalue weighted by atomic mass is 15.0. The van der Waals surface area contributed by atoms with Gasteiger partial charge in [-0.25, -0.2) is 0 Å². The lowest BCUT2D eigenvalue weighted by atomic mass is 10.2. The van der Waals surface area contributed by atoms with Crippen molar-refractivity contribution in [3.8, 4) is 0 Å². The predicted molar refractivity (Wildman–Crippen MR) is 60.2 cm³/mol. The molecule has 0 aromatic heterocycles. The first kappa shape index (κ1) is 12.9. The minimum absolute atomic E-state index is 0.614. The molecule has 0 spiro atoms. The van der Waals surface area contributed by atoms with Crippen LogP contribution >= 0.6 is 0 Å². The number of unbranched alkanes of at least 4 members (excludes halogenated alkanes) is 2. The summed E-state index contributed by atoms with van der Waals surface area (Å²) in [5, 5.41) is 6.93. The zero-order valence-corrected chi connectivity index (χ0v) is 9.53. The van der Waals surface area contributed by atoms with Crippen LogP contribution in [0.3, 0.4) is 0 Å². The molecular weight excluding hydrogens is 160 g/mol. The van der Waals surface area contributed by atoms with Gasteiger partial charge in [-0.2, -0.15) is 0 Å². The van der Waals surface area contributed by atoms with Crippen LogP contribution in [0.25, 0.3) is 0 Å². The monoisotopic (exact) mass is 186 g/mol. The fourth-order valence-electron chi connectivity index (χ4n) is 1.29. The molecular formula is C11H26N2. The van der Waals surface area contributed by atoms with Crippen LogP contribution in [-0.2, 0) is 0 Å². The molecule has 80 valence electrons. The summed E-state index contributed by atoms with van der Waals surface area (Å²) in [5.74, 6) is 0. The first-order chi connectivity index (χ1) is 6.31. The van der Waals surface area contributed by atoms with Crippen molar-refractivity contribution in [2.75, 3.05) is 19.6 Å². The molecule has 0 rings (SSSR count). The average Bonchev–Trinajstić information content (AvgIpc) is 2.13. The minimum Gasteiger partial charge on any atom is -0.315 e. The molecule has 0 aliphatic carbocycles. The topological polar surface area (TPSA) is 24.1 Å². The lowest BCUT2D eigenvalue weighted by Gasteiger charge is -2.13. The molecule has 0 radical (unpaired) electrons. The highest BCUT2D eigenvalue weighted by Crippen LogP contribution is 1.91. The Morgan fingerprint density at radius 1 is 1.00 bits per heavy atom. The van der Waals surface area contributed by atoms with E-state index in [0.717, 1.165) is 13.1 Å². The van der Waals surface area contributed by atoms with Gasteiger partial charge in [-0.05, 0) is 32.9 Å². The molecule has 1 unspecified atom stereocenters. The zero-order valence-electron chi connectivity index (χ0n) is 9.53. The number of nitrogens with one attached hydrogen (secondary N) is 2. The smallest absolute Gasteiger partial charge is 0.0164 e. The minimum atomic E-state index is 0.614. The molecule has 13 heavy (non-hydrogen) atoms. The van der Waals surface area contributed by atoms with E-state index in [1.54, 1.807) is 0 Å². The van der Waals surface area contributed by atoms with Crippen molar-refractivity contribution >= 4 is 0 Å². The van der Waals surface area contributed by atoms with E-state index in [1.807, 2.05) is 0 Å². The summed E-state index contributed by atoms with van der Waals surface area (Å²) in [4.78, 5) is 0. The Hall–Kier alpha value is -0.0800. The van der Waals surface area contributed by atoms with Crippen molar-refractivity contribution in [2.24, 2.45) is 0 Å². The molecule has 0 saturated carbocycles. The summed E-state index contributed by atoms with van der Waals surface area (Å²) in [6.45, 7) is 10.1. The van der Waals surface area contributed by atoms with Crippen molar-refractivity contribution in [3.05, 3.63) is 0 Å². The first-order valence-electron chi connectivity index (χ1n) is 5.75. The second-order valence-corrected chi connectivity index (χ2v) is 3.77. The van der Waals surface area contributed by atoms with Crippen molar-refractivity contribution < 1.29 is 0 Å². The van der Waals surface area contributed by atoms with E-state index in [4.69, 9.17) is 0 Å². The fourth-order valence-corrected chi connectivity index (χ4v) is 1.29. The van der Waals surface area contributed by atoms with Gasteiger partial charge in [-0.15, -0.1) is 0 Å². The third kappa shape index (κ3) is 9.84. The van der Waals surface area contributed by atoms with Crippen molar-refractivity contribution in [1.29, 1.82) is 0 Å². The van der Waals surface area contributed by atoms with Crippen molar-refractivity contribution in [2.45, 2.75) is 52.5 Å². The highest BCUT2D eigenvalue weighted by molar-refractivity contribution is 4.63. The second kappa shape index (κ2) is 10.0. The molecule has 0 aromatic rings. The van der Waals surface area contributed by atoms with Gasteiger partial charge in [0.15, 0.2) is 0 Å². The van der Waals surface area contributed by atoms with Crippen LogP contribution in [0.4, 0.5) is 0 Å². The van der Waals surface area contributed by atoms with Gasteiger partial charge in [0.2, 0.25) is 0 Å². The van der Waals surface area contributed by atoms with Crippen LogP contribution in [-0.4, -0.2) is 25.7 Å². The normalized spacial score (nSPS) is 13.2. The number of hydrogen-bond donors (Lipinski definition) is 2. The standard InChI is InChI=1S/C11H26N2/c1-4-6-7-9-13-11(3)10-12-8-5-2/h11-13H,4-10H2,1-3H3. The van der Waals surface area contributed by atoms with E-state index in [-0.39, 0.29) is 0 Å². The van der Waals surface area contributed by atoms with Crippen LogP contribution < -0.4 is 10.6 Å². The van der Waals surface area contributed by atoms with Gasteiger partial charge < -0.3 is 10.6 Å². The Kier molecular flexibility index (Phi) is 9.94. The summed E-state index contributed by atoms with van der Waals surface area (Å²) in [6.07, 6.45) is 5.20. The SMILES string of the molecule is CCCCCNC(C)CNCCC. The maximum absolute atomic E-state index is 3.51. The molecule has 0 aliphatic rings. The van der Waals surface area contributed by atoms with Crippen LogP contribution in [0.15, 0.2) is 0 Å². The van der Waals surface area contributed by atoms with Crippen molar-refractivity contribution in [3.63, 3.8) is 0 Å². The number of rotatable bonds is 9. The van der Waals surface area contributed by atoms with Crippen LogP contribution in [0.2, 0.25) is 0 Å². The second-order valence-electron chi connectivity index (χ2n) is 3.77. The summed E-state index contributed by atoms with van der Waals surface area (Å²) in [7, 11) is 0. The molecule has 0 heterocycles. The third-order valence-corrected chi connectivity index (χ3v) is 2.15. The Morgan fingerprint density at radius 2 is 1.77 bits per heavy atom. The summed E-state index contributed by atoms with van der Waals surface area (Å²) in [5.41, 5.74) is 0. The third-order valence-electron chi connectivity index (χ3n) is 2.15. The Labute approximate surface area is 83.5 Å². The van der Waals surface area contributed by atoms with Gasteiger partial charge in [-0.1, -0.05) is 26.7 Å². The number of hydrogen-bond acceptors (Lipinski definition) is 2. The van der Waals surface area contributed by atoms with E-state index in [2.05, 4.69) is 31.4 Å². The Bertz CT molecular complexity index is 94.1. The lowest BCUT2D eigenvalue weighted by molar-refractivity contribution is 0.489. The van der Waals surface area contributed by atoms with E-state index >= 15 is 0 Å². The molecule has 0 aromatic carbocycles. The summed E-state index contributed by atoms with van der Waals surface area (Å²) < 4.78 is 0. The van der Waals surface area contributed by atoms with Gasteiger partial charge in [-0.3, -0.25) is 0 Å². The summed E-state index contributed by atoms with van der Waals surface area (Å²) in [6, 6.07) is 0.614. The quantitative estimate of drug-likeness (QED) is 0.539. The largest absolute Gasteiger partial charge is 0.315 e. The van der Waals surface area contributed by atoms with Crippen LogP contribution in [0.1, 0.15) is 46.5 Å². The van der Waals surface area contributed by atoms with E-state index in [0.29, 0.717) is 6.04 Å². The Morgan fingerprint density at radius 3 is 2.38 bits per heavy atom. The molecule has 0 aliphatic heterocycles. The molecule has 2 N–H and O–H groups in total. The van der Waals surface area contributed by atoms with Gasteiger partial charge in [0, 0.05) is 12.6 Å². The van der Waals surface area contributed by atoms with Crippen molar-refractivity contribution in [1.82, 2.24) is 10.6 Å². The summed E-state index contributed by atoms with van der Waals surface area (Å²) >= 11 is 0. The molecule has 0 bridgehead atoms. The van der Waals surface area contributed by atoms with Gasteiger partial charge in [0.05, 0.1) is 0 Å². The average molecular weight is 186 g/mol. The maximum Gasteiger partial charge on any atom is 0.0164 e. The predicted octanol–water partition coefficient (Wildman–Crippen LogP) is 2.15. The van der Waals surface area contributed by atoms with E-state index in [1.165, 1.54) is 32.2 Å². The molecule has 2 heteroatoms. The molecule has 1 atom stereocenters. The fraction of sp³-hybridized carbons (Fsp3) is 1.00. The highest BCUT2D eigenvalue weighted by Gasteiger charge is 1.98. The lowest BCUT2D eigenvalue weighted by Crippen LogP contribution is -2.37. The van der Waals surface area contributed by atoms with Crippen LogP contribution in [0, 0.1) is 0 Å². The van der Waals surface area contributed by atoms with Crippen LogP contribution in [0.5, 0.6) is 0 Å². The van der Waals surface area contributed by atoms with E-state index < -0.39 is 0 Å².